The van der Waals surface area contributed by atoms with Crippen molar-refractivity contribution in [2.24, 2.45) is 5.92 Å². The molecule has 0 saturated heterocycles. The Hall–Kier alpha value is -2.21. The number of hydrogen-bond acceptors (Lipinski definition) is 4. The summed E-state index contributed by atoms with van der Waals surface area (Å²) >= 11 is 0. The highest BCUT2D eigenvalue weighted by Gasteiger charge is 2.20. The Morgan fingerprint density at radius 2 is 1.88 bits per heavy atom. The Bertz CT molecular complexity index is 702. The Morgan fingerprint density at radius 1 is 1.24 bits per heavy atom. The summed E-state index contributed by atoms with van der Waals surface area (Å²) in [5, 5.41) is 9.89. The van der Waals surface area contributed by atoms with Crippen LogP contribution in [-0.2, 0) is 10.2 Å². The number of rotatable bonds is 6. The van der Waals surface area contributed by atoms with Crippen molar-refractivity contribution < 1.29 is 13.7 Å². The fraction of sp³-hybridized carbons (Fsp3) is 0.474. The molecule has 2 aromatic rings. The molecule has 0 aliphatic heterocycles. The van der Waals surface area contributed by atoms with Crippen molar-refractivity contribution in [3.05, 3.63) is 47.4 Å². The van der Waals surface area contributed by atoms with Crippen LogP contribution >= 0.6 is 0 Å². The quantitative estimate of drug-likeness (QED) is 0.828. The Kier molecular flexibility index (Phi) is 5.95. The zero-order chi connectivity index (χ0) is 18.6. The molecule has 2 rings (SSSR count). The molecule has 0 spiro atoms. The number of anilines is 1. The molecule has 1 amide bonds. The molecule has 0 radical (unpaired) electrons. The van der Waals surface area contributed by atoms with Gasteiger partial charge in [0.2, 0.25) is 11.8 Å². The van der Waals surface area contributed by atoms with Crippen LogP contribution in [0.4, 0.5) is 10.3 Å². The Labute approximate surface area is 148 Å². The number of carbonyl (C=O) groups is 1. The van der Waals surface area contributed by atoms with Gasteiger partial charge in [0.25, 0.3) is 0 Å². The topological polar surface area (TPSA) is 67.2 Å². The number of amides is 1. The summed E-state index contributed by atoms with van der Waals surface area (Å²) < 4.78 is 18.3. The zero-order valence-corrected chi connectivity index (χ0v) is 15.4. The highest BCUT2D eigenvalue weighted by molar-refractivity contribution is 5.91. The molecule has 0 saturated carbocycles. The van der Waals surface area contributed by atoms with Crippen molar-refractivity contribution in [2.45, 2.75) is 46.1 Å². The molecule has 1 heterocycles. The molecular weight excluding hydrogens is 321 g/mol. The highest BCUT2D eigenvalue weighted by atomic mass is 19.1. The van der Waals surface area contributed by atoms with Crippen LogP contribution < -0.4 is 10.6 Å². The summed E-state index contributed by atoms with van der Waals surface area (Å²) in [5.74, 6) is 0.0870. The first-order valence-corrected chi connectivity index (χ1v) is 8.42. The number of hydrogen-bond donors (Lipinski definition) is 2. The molecule has 25 heavy (non-hydrogen) atoms. The standard InChI is InChI=1S/C19H26FN3O2/c1-12(2)18(13-6-8-14(20)9-7-13)21-11-16(24)22-17-10-15(23-25-17)19(3,4)5/h6-10,12,18,21H,11H2,1-5H3,(H,22,24). The molecule has 5 nitrogen and oxygen atoms in total. The number of carbonyl (C=O) groups excluding carboxylic acids is 1. The first-order valence-electron chi connectivity index (χ1n) is 8.42. The van der Waals surface area contributed by atoms with Crippen molar-refractivity contribution in [3.63, 3.8) is 0 Å². The summed E-state index contributed by atoms with van der Waals surface area (Å²) in [6.07, 6.45) is 0. The molecular formula is C19H26FN3O2. The SMILES string of the molecule is CC(C)C(NCC(=O)Nc1cc(C(C)(C)C)no1)c1ccc(F)cc1. The van der Waals surface area contributed by atoms with Crippen molar-refractivity contribution >= 4 is 11.8 Å². The summed E-state index contributed by atoms with van der Waals surface area (Å²) in [5.41, 5.74) is 1.58. The molecule has 0 aliphatic carbocycles. The van der Waals surface area contributed by atoms with Crippen LogP contribution in [-0.4, -0.2) is 17.6 Å². The summed E-state index contributed by atoms with van der Waals surface area (Å²) in [4.78, 5) is 12.2. The predicted molar refractivity (Wildman–Crippen MR) is 95.8 cm³/mol. The van der Waals surface area contributed by atoms with E-state index in [0.29, 0.717) is 5.88 Å². The van der Waals surface area contributed by atoms with Crippen molar-refractivity contribution in [1.29, 1.82) is 0 Å². The molecule has 1 aromatic heterocycles. The van der Waals surface area contributed by atoms with E-state index in [0.717, 1.165) is 11.3 Å². The number of benzene rings is 1. The van der Waals surface area contributed by atoms with Crippen molar-refractivity contribution in [3.8, 4) is 0 Å². The summed E-state index contributed by atoms with van der Waals surface area (Å²) in [6.45, 7) is 10.3. The largest absolute Gasteiger partial charge is 0.338 e. The number of aromatic nitrogens is 1. The van der Waals surface area contributed by atoms with Gasteiger partial charge in [-0.25, -0.2) is 4.39 Å². The maximum absolute atomic E-state index is 13.1. The highest BCUT2D eigenvalue weighted by Crippen LogP contribution is 2.24. The van der Waals surface area contributed by atoms with Crippen LogP contribution in [0.3, 0.4) is 0 Å². The monoisotopic (exact) mass is 347 g/mol. The third-order valence-electron chi connectivity index (χ3n) is 3.92. The van der Waals surface area contributed by atoms with E-state index in [2.05, 4.69) is 15.8 Å². The normalized spacial score (nSPS) is 13.1. The third kappa shape index (κ3) is 5.39. The van der Waals surface area contributed by atoms with Gasteiger partial charge in [-0.3, -0.25) is 10.1 Å². The molecule has 0 bridgehead atoms. The minimum absolute atomic E-state index is 0.0498. The lowest BCUT2D eigenvalue weighted by Crippen LogP contribution is -2.33. The van der Waals surface area contributed by atoms with E-state index >= 15 is 0 Å². The minimum atomic E-state index is -0.274. The maximum Gasteiger partial charge on any atom is 0.240 e. The van der Waals surface area contributed by atoms with Gasteiger partial charge < -0.3 is 9.84 Å². The van der Waals surface area contributed by atoms with Crippen LogP contribution in [0.2, 0.25) is 0 Å². The molecule has 1 atom stereocenters. The van der Waals surface area contributed by atoms with Crippen LogP contribution in [0, 0.1) is 11.7 Å². The van der Waals surface area contributed by atoms with Crippen LogP contribution in [0.15, 0.2) is 34.9 Å². The van der Waals surface area contributed by atoms with Gasteiger partial charge in [0.05, 0.1) is 12.2 Å². The molecule has 136 valence electrons. The fourth-order valence-corrected chi connectivity index (χ4v) is 2.48. The average Bonchev–Trinajstić information content (AvgIpc) is 2.97. The summed E-state index contributed by atoms with van der Waals surface area (Å²) in [6, 6.07) is 8.00. The van der Waals surface area contributed by atoms with Gasteiger partial charge >= 0.3 is 0 Å². The second kappa shape index (κ2) is 7.78. The van der Waals surface area contributed by atoms with Crippen molar-refractivity contribution in [1.82, 2.24) is 10.5 Å². The number of halogens is 1. The Morgan fingerprint density at radius 3 is 2.40 bits per heavy atom. The van der Waals surface area contributed by atoms with Crippen LogP contribution in [0.1, 0.15) is 51.9 Å². The molecule has 0 aliphatic rings. The minimum Gasteiger partial charge on any atom is -0.338 e. The van der Waals surface area contributed by atoms with Crippen LogP contribution in [0.5, 0.6) is 0 Å². The van der Waals surface area contributed by atoms with E-state index < -0.39 is 0 Å². The molecule has 1 aromatic carbocycles. The van der Waals surface area contributed by atoms with E-state index in [1.165, 1.54) is 12.1 Å². The number of nitrogens with zero attached hydrogens (tertiary/aromatic N) is 1. The lowest BCUT2D eigenvalue weighted by molar-refractivity contribution is -0.115. The van der Waals surface area contributed by atoms with Crippen LogP contribution in [0.25, 0.3) is 0 Å². The maximum atomic E-state index is 13.1. The second-order valence-corrected chi connectivity index (χ2v) is 7.53. The predicted octanol–water partition coefficient (Wildman–Crippen LogP) is 4.04. The van der Waals surface area contributed by atoms with E-state index in [1.807, 2.05) is 34.6 Å². The second-order valence-electron chi connectivity index (χ2n) is 7.53. The third-order valence-corrected chi connectivity index (χ3v) is 3.92. The molecule has 1 unspecified atom stereocenters. The lowest BCUT2D eigenvalue weighted by atomic mass is 9.92. The van der Waals surface area contributed by atoms with Gasteiger partial charge in [0.15, 0.2) is 0 Å². The van der Waals surface area contributed by atoms with Gasteiger partial charge in [-0.2, -0.15) is 0 Å². The van der Waals surface area contributed by atoms with E-state index in [1.54, 1.807) is 18.2 Å². The van der Waals surface area contributed by atoms with Gasteiger partial charge in [-0.15, -0.1) is 0 Å². The average molecular weight is 347 g/mol. The number of nitrogens with one attached hydrogen (secondary N) is 2. The van der Waals surface area contributed by atoms with E-state index in [-0.39, 0.29) is 35.6 Å². The molecule has 6 heteroatoms. The first-order chi connectivity index (χ1) is 11.7. The molecule has 0 fully saturated rings. The first kappa shape index (κ1) is 19.1. The van der Waals surface area contributed by atoms with E-state index in [9.17, 15) is 9.18 Å². The summed E-state index contributed by atoms with van der Waals surface area (Å²) in [7, 11) is 0. The van der Waals surface area contributed by atoms with Gasteiger partial charge in [0, 0.05) is 17.5 Å². The van der Waals surface area contributed by atoms with Crippen molar-refractivity contribution in [2.75, 3.05) is 11.9 Å². The Balaban J connectivity index is 1.95. The van der Waals surface area contributed by atoms with Gasteiger partial charge in [-0.05, 0) is 23.6 Å². The van der Waals surface area contributed by atoms with Gasteiger partial charge in [0.1, 0.15) is 5.82 Å². The zero-order valence-electron chi connectivity index (χ0n) is 15.4. The van der Waals surface area contributed by atoms with E-state index in [4.69, 9.17) is 4.52 Å². The smallest absolute Gasteiger partial charge is 0.240 e. The fourth-order valence-electron chi connectivity index (χ4n) is 2.48. The van der Waals surface area contributed by atoms with Gasteiger partial charge in [-0.1, -0.05) is 51.9 Å². The lowest BCUT2D eigenvalue weighted by Gasteiger charge is -2.22. The molecule has 2 N–H and O–H groups in total.